The zero-order chi connectivity index (χ0) is 46.6. The lowest BCUT2D eigenvalue weighted by Crippen LogP contribution is -2.35. The zero-order valence-corrected chi connectivity index (χ0v) is 34.5. The number of nitro groups is 6. The van der Waals surface area contributed by atoms with Crippen LogP contribution >= 0.6 is 22.1 Å². The van der Waals surface area contributed by atoms with Crippen molar-refractivity contribution < 1.29 is 56.6 Å². The Hall–Kier alpha value is -7.65. The molecule has 0 bridgehead atoms. The molecule has 6 rings (SSSR count). The fourth-order valence-corrected chi connectivity index (χ4v) is 12.3. The van der Waals surface area contributed by atoms with Crippen LogP contribution in [0, 0.1) is 60.7 Å². The molecule has 0 fully saturated rings. The zero-order valence-electron chi connectivity index (χ0n) is 31.8. The smallest absolute Gasteiger partial charge is 0.327 e. The summed E-state index contributed by atoms with van der Waals surface area (Å²) in [4.78, 5) is 66.3. The van der Waals surface area contributed by atoms with Gasteiger partial charge in [-0.2, -0.15) is 0 Å². The summed E-state index contributed by atoms with van der Waals surface area (Å²) in [5.41, 5.74) is -4.23. The molecule has 0 aliphatic carbocycles. The summed E-state index contributed by atoms with van der Waals surface area (Å²) < 4.78 is 65.3. The summed E-state index contributed by atoms with van der Waals surface area (Å²) >= 11 is 0. The fourth-order valence-electron chi connectivity index (χ4n) is 5.97. The molecule has 0 saturated carbocycles. The van der Waals surface area contributed by atoms with Crippen molar-refractivity contribution in [2.45, 2.75) is 0 Å². The Morgan fingerprint density at radius 1 is 0.312 bits per heavy atom. The average molecular weight is 932 g/mol. The number of nitro benzene ring substituents is 6. The number of nitrogens with zero attached hydrogens (tertiary/aromatic N) is 6. The van der Waals surface area contributed by atoms with Crippen molar-refractivity contribution in [1.29, 1.82) is 0 Å². The summed E-state index contributed by atoms with van der Waals surface area (Å²) in [7, 11) is -18.9. The van der Waals surface area contributed by atoms with E-state index in [1.54, 1.807) is 0 Å². The normalized spacial score (nSPS) is 11.6. The molecule has 0 aliphatic rings. The highest BCUT2D eigenvalue weighted by Crippen LogP contribution is 2.56. The standard InChI is InChI=1S/C36H24BN6O18P3/c44-38(45)25-7-1-13-31(19-25)62(56,32-14-2-8-26(20-32)39(46)47)59-37(60-63(57,33-15-3-9-27(21-33)40(48)49)34-16-4-10-28(22-34)41(50)51)61-64(58,35-17-5-11-29(23-35)42(52)53)36-18-6-12-30(24-36)43(54)55/h1-24H. The van der Waals surface area contributed by atoms with Crippen LogP contribution < -0.4 is 31.8 Å². The lowest BCUT2D eigenvalue weighted by molar-refractivity contribution is -0.385. The number of rotatable bonds is 18. The van der Waals surface area contributed by atoms with Crippen molar-refractivity contribution in [2.75, 3.05) is 0 Å². The molecule has 324 valence electrons. The van der Waals surface area contributed by atoms with Gasteiger partial charge >= 0.3 is 7.32 Å². The Kier molecular flexibility index (Phi) is 13.2. The van der Waals surface area contributed by atoms with E-state index in [1.165, 1.54) is 0 Å². The largest absolute Gasteiger partial charge is 0.656 e. The van der Waals surface area contributed by atoms with Crippen molar-refractivity contribution in [3.05, 3.63) is 206 Å². The molecule has 0 saturated heterocycles. The Bertz CT molecular complexity index is 2560. The molecule has 0 aromatic heterocycles. The molecule has 0 N–H and O–H groups in total. The minimum absolute atomic E-state index is 0.611. The van der Waals surface area contributed by atoms with E-state index in [0.717, 1.165) is 146 Å². The van der Waals surface area contributed by atoms with Crippen LogP contribution in [0.3, 0.4) is 0 Å². The molecular formula is C36H24BN6O18P3. The number of non-ortho nitro benzene ring substituents is 6. The van der Waals surface area contributed by atoms with Crippen molar-refractivity contribution in [3.8, 4) is 0 Å². The van der Waals surface area contributed by atoms with E-state index in [0.29, 0.717) is 0 Å². The molecule has 0 radical (unpaired) electrons. The molecule has 28 heteroatoms. The first-order chi connectivity index (χ1) is 30.2. The minimum atomic E-state index is -5.29. The quantitative estimate of drug-likeness (QED) is 0.0397. The van der Waals surface area contributed by atoms with Gasteiger partial charge in [0.05, 0.1) is 29.5 Å². The van der Waals surface area contributed by atoms with Crippen molar-refractivity contribution >= 4 is 95.4 Å². The monoisotopic (exact) mass is 932 g/mol. The molecule has 6 aromatic rings. The maximum absolute atomic E-state index is 15.7. The SMILES string of the molecule is O=[N+]([O-])c1cccc(P(=O)(OB(OP(=O)(c2cccc([N+](=O)[O-])c2)c2cccc([N+](=O)[O-])c2)OP(=O)(c2cccc([N+](=O)[O-])c2)c2cccc([N+](=O)[O-])c2)c2cccc([N+](=O)[O-])c2)c1. The molecule has 0 aliphatic heterocycles. The van der Waals surface area contributed by atoms with Crippen LogP contribution in [0.1, 0.15) is 0 Å². The third-order valence-electron chi connectivity index (χ3n) is 8.99. The van der Waals surface area contributed by atoms with Gasteiger partial charge in [0, 0.05) is 105 Å². The van der Waals surface area contributed by atoms with Gasteiger partial charge < -0.3 is 13.3 Å². The molecule has 0 spiro atoms. The fraction of sp³-hybridized carbons (Fsp3) is 0. The van der Waals surface area contributed by atoms with Crippen LogP contribution in [0.25, 0.3) is 0 Å². The van der Waals surface area contributed by atoms with E-state index in [9.17, 15) is 60.7 Å². The highest BCUT2D eigenvalue weighted by atomic mass is 31.2. The van der Waals surface area contributed by atoms with Gasteiger partial charge in [0.25, 0.3) is 56.2 Å². The van der Waals surface area contributed by atoms with Crippen LogP contribution in [0.5, 0.6) is 0 Å². The first kappa shape index (κ1) is 45.9. The first-order valence-electron chi connectivity index (χ1n) is 17.6. The van der Waals surface area contributed by atoms with Gasteiger partial charge in [-0.25, -0.2) is 0 Å². The van der Waals surface area contributed by atoms with Gasteiger partial charge in [0.15, 0.2) is 0 Å². The second-order valence-electron chi connectivity index (χ2n) is 12.9. The van der Waals surface area contributed by atoms with Gasteiger partial charge in [-0.3, -0.25) is 74.4 Å². The van der Waals surface area contributed by atoms with E-state index in [-0.39, 0.29) is 0 Å². The Labute approximate surface area is 357 Å². The lowest BCUT2D eigenvalue weighted by Gasteiger charge is -2.29. The lowest BCUT2D eigenvalue weighted by atomic mass is 10.3. The Morgan fingerprint density at radius 3 is 0.609 bits per heavy atom. The Morgan fingerprint density at radius 2 is 0.469 bits per heavy atom. The third-order valence-corrected chi connectivity index (χ3v) is 16.1. The minimum Gasteiger partial charge on any atom is -0.327 e. The van der Waals surface area contributed by atoms with Gasteiger partial charge in [0.1, 0.15) is 0 Å². The second kappa shape index (κ2) is 18.4. The van der Waals surface area contributed by atoms with Crippen LogP contribution in [0.15, 0.2) is 146 Å². The predicted octanol–water partition coefficient (Wildman–Crippen LogP) is 6.26. The first-order valence-corrected chi connectivity index (χ1v) is 22.5. The highest BCUT2D eigenvalue weighted by Gasteiger charge is 2.49. The van der Waals surface area contributed by atoms with Gasteiger partial charge in [0.2, 0.25) is 0 Å². The molecule has 6 aromatic carbocycles. The maximum atomic E-state index is 15.7. The molecule has 0 unspecified atom stereocenters. The summed E-state index contributed by atoms with van der Waals surface area (Å²) in [5, 5.41) is 68.1. The Balaban J connectivity index is 1.70. The van der Waals surface area contributed by atoms with Crippen LogP contribution in [-0.2, 0) is 27.0 Å². The van der Waals surface area contributed by atoms with E-state index in [1.807, 2.05) is 0 Å². The van der Waals surface area contributed by atoms with Crippen LogP contribution in [0.4, 0.5) is 34.1 Å². The number of hydrogen-bond acceptors (Lipinski definition) is 18. The van der Waals surface area contributed by atoms with E-state index in [2.05, 4.69) is 0 Å². The van der Waals surface area contributed by atoms with E-state index >= 15 is 13.7 Å². The van der Waals surface area contributed by atoms with Crippen LogP contribution in [0.2, 0.25) is 0 Å². The summed E-state index contributed by atoms with van der Waals surface area (Å²) in [5.74, 6) is 0. The second-order valence-corrected chi connectivity index (χ2v) is 20.0. The topological polar surface area (TPSA) is 338 Å². The van der Waals surface area contributed by atoms with E-state index < -0.39 is 125 Å². The van der Waals surface area contributed by atoms with Crippen LogP contribution in [-0.4, -0.2) is 36.9 Å². The van der Waals surface area contributed by atoms with Crippen molar-refractivity contribution in [2.24, 2.45) is 0 Å². The van der Waals surface area contributed by atoms with Gasteiger partial charge in [-0.15, -0.1) is 0 Å². The summed E-state index contributed by atoms with van der Waals surface area (Å²) in [6, 6.07) is 22.7. The molecular weight excluding hydrogens is 908 g/mol. The highest BCUT2D eigenvalue weighted by molar-refractivity contribution is 7.78. The maximum Gasteiger partial charge on any atom is 0.656 e. The van der Waals surface area contributed by atoms with E-state index in [4.69, 9.17) is 13.3 Å². The number of benzene rings is 6. The predicted molar refractivity (Wildman–Crippen MR) is 228 cm³/mol. The van der Waals surface area contributed by atoms with Gasteiger partial charge in [-0.05, 0) is 36.4 Å². The molecule has 64 heavy (non-hydrogen) atoms. The summed E-state index contributed by atoms with van der Waals surface area (Å²) in [6.07, 6.45) is 0. The summed E-state index contributed by atoms with van der Waals surface area (Å²) in [6.45, 7) is 0. The third kappa shape index (κ3) is 9.54. The van der Waals surface area contributed by atoms with Gasteiger partial charge in [-0.1, -0.05) is 36.4 Å². The molecule has 0 heterocycles. The van der Waals surface area contributed by atoms with Crippen molar-refractivity contribution in [1.82, 2.24) is 0 Å². The molecule has 24 nitrogen and oxygen atoms in total. The molecule has 0 atom stereocenters. The molecule has 0 amide bonds. The number of hydrogen-bond donors (Lipinski definition) is 0. The van der Waals surface area contributed by atoms with Crippen molar-refractivity contribution in [3.63, 3.8) is 0 Å². The average Bonchev–Trinajstić information content (AvgIpc) is 3.29.